The van der Waals surface area contributed by atoms with Crippen LogP contribution in [0.1, 0.15) is 44.1 Å². The molecule has 0 bridgehead atoms. The van der Waals surface area contributed by atoms with Crippen LogP contribution in [0.4, 0.5) is 9.18 Å². The van der Waals surface area contributed by atoms with E-state index in [1.807, 2.05) is 44.2 Å². The van der Waals surface area contributed by atoms with E-state index in [9.17, 15) is 9.59 Å². The van der Waals surface area contributed by atoms with Crippen molar-refractivity contribution in [3.8, 4) is 0 Å². The second-order valence-electron chi connectivity index (χ2n) is 8.23. The quantitative estimate of drug-likeness (QED) is 0.616. The summed E-state index contributed by atoms with van der Waals surface area (Å²) in [6.45, 7) is 4.32. The number of halogens is 1. The van der Waals surface area contributed by atoms with Crippen LogP contribution in [0.25, 0.3) is 0 Å². The Labute approximate surface area is 183 Å². The van der Waals surface area contributed by atoms with Crippen molar-refractivity contribution in [2.45, 2.75) is 51.6 Å². The topological polar surface area (TPSA) is 62.7 Å². The van der Waals surface area contributed by atoms with Gasteiger partial charge >= 0.3 is 12.0 Å². The second-order valence-corrected chi connectivity index (χ2v) is 8.23. The predicted octanol–water partition coefficient (Wildman–Crippen LogP) is 4.38. The molecule has 1 unspecified atom stereocenters. The minimum atomic E-state index is -1.37. The van der Waals surface area contributed by atoms with Crippen molar-refractivity contribution >= 4 is 12.0 Å². The largest absolute Gasteiger partial charge is 0.459 e. The number of hydrogen-bond acceptors (Lipinski definition) is 4. The van der Waals surface area contributed by atoms with Crippen LogP contribution >= 0.6 is 0 Å². The summed E-state index contributed by atoms with van der Waals surface area (Å²) in [7, 11) is 1.58. The fourth-order valence-corrected chi connectivity index (χ4v) is 4.08. The Morgan fingerprint density at radius 2 is 1.90 bits per heavy atom. The predicted molar refractivity (Wildman–Crippen MR) is 116 cm³/mol. The van der Waals surface area contributed by atoms with E-state index in [1.54, 1.807) is 31.4 Å². The molecular formula is C24H30FN3O3. The lowest BCUT2D eigenvalue weighted by molar-refractivity contribution is -0.151. The number of aromatic nitrogens is 1. The Hall–Kier alpha value is -2.96. The number of ether oxygens (including phenoxy) is 1. The van der Waals surface area contributed by atoms with E-state index in [0.29, 0.717) is 25.1 Å². The van der Waals surface area contributed by atoms with Crippen LogP contribution in [0.2, 0.25) is 0 Å². The molecule has 0 aliphatic carbocycles. The van der Waals surface area contributed by atoms with Gasteiger partial charge in [0.1, 0.15) is 12.6 Å². The third kappa shape index (κ3) is 5.40. The first kappa shape index (κ1) is 22.7. The minimum Gasteiger partial charge on any atom is -0.459 e. The summed E-state index contributed by atoms with van der Waals surface area (Å²) in [4.78, 5) is 33.1. The summed E-state index contributed by atoms with van der Waals surface area (Å²) in [5.74, 6) is -0.623. The van der Waals surface area contributed by atoms with Crippen molar-refractivity contribution < 1.29 is 18.7 Å². The molecule has 1 saturated heterocycles. The summed E-state index contributed by atoms with van der Waals surface area (Å²) in [5.41, 5.74) is 1.19. The molecule has 166 valence electrons. The van der Waals surface area contributed by atoms with E-state index < -0.39 is 24.2 Å². The van der Waals surface area contributed by atoms with Crippen LogP contribution < -0.4 is 0 Å². The number of amides is 2. The van der Waals surface area contributed by atoms with Gasteiger partial charge in [0, 0.05) is 19.8 Å². The number of pyridine rings is 1. The van der Waals surface area contributed by atoms with Gasteiger partial charge < -0.3 is 14.5 Å². The maximum absolute atomic E-state index is 15.2. The molecule has 1 fully saturated rings. The third-order valence-electron chi connectivity index (χ3n) is 5.67. The zero-order valence-electron chi connectivity index (χ0n) is 18.3. The lowest BCUT2D eigenvalue weighted by atomic mass is 10.0. The van der Waals surface area contributed by atoms with E-state index in [4.69, 9.17) is 4.74 Å². The second kappa shape index (κ2) is 10.4. The number of nitrogens with zero attached hydrogens (tertiary/aromatic N) is 3. The van der Waals surface area contributed by atoms with E-state index >= 15 is 4.39 Å². The van der Waals surface area contributed by atoms with Crippen LogP contribution in [-0.4, -0.2) is 52.5 Å². The zero-order chi connectivity index (χ0) is 22.4. The Balaban J connectivity index is 1.69. The molecule has 31 heavy (non-hydrogen) atoms. The number of urea groups is 1. The van der Waals surface area contributed by atoms with Crippen LogP contribution in [0.5, 0.6) is 0 Å². The molecule has 3 atom stereocenters. The number of benzene rings is 1. The Bertz CT molecular complexity index is 863. The molecule has 0 spiro atoms. The highest BCUT2D eigenvalue weighted by molar-refractivity contribution is 5.84. The highest BCUT2D eigenvalue weighted by Crippen LogP contribution is 2.32. The Morgan fingerprint density at radius 3 is 2.55 bits per heavy atom. The van der Waals surface area contributed by atoms with Crippen molar-refractivity contribution in [3.63, 3.8) is 0 Å². The van der Waals surface area contributed by atoms with E-state index in [0.717, 1.165) is 5.56 Å². The highest BCUT2D eigenvalue weighted by atomic mass is 19.1. The van der Waals surface area contributed by atoms with Gasteiger partial charge in [-0.25, -0.2) is 14.0 Å². The fourth-order valence-electron chi connectivity index (χ4n) is 4.08. The van der Waals surface area contributed by atoms with Gasteiger partial charge in [0.15, 0.2) is 6.17 Å². The zero-order valence-corrected chi connectivity index (χ0v) is 18.3. The van der Waals surface area contributed by atoms with Crippen molar-refractivity contribution in [1.29, 1.82) is 0 Å². The summed E-state index contributed by atoms with van der Waals surface area (Å²) >= 11 is 0. The summed E-state index contributed by atoms with van der Waals surface area (Å²) in [5, 5.41) is 0. The van der Waals surface area contributed by atoms with Crippen LogP contribution in [-0.2, 0) is 16.1 Å². The number of carbonyl (C=O) groups excluding carboxylic acids is 2. The van der Waals surface area contributed by atoms with Crippen LogP contribution in [0.3, 0.4) is 0 Å². The molecule has 0 radical (unpaired) electrons. The molecular weight excluding hydrogens is 397 g/mol. The molecule has 2 aromatic rings. The summed E-state index contributed by atoms with van der Waals surface area (Å²) in [6.07, 6.45) is 1.44. The first-order chi connectivity index (χ1) is 14.9. The smallest absolute Gasteiger partial charge is 0.329 e. The van der Waals surface area contributed by atoms with Gasteiger partial charge in [0.2, 0.25) is 0 Å². The van der Waals surface area contributed by atoms with E-state index in [2.05, 4.69) is 4.98 Å². The molecule has 3 rings (SSSR count). The molecule has 1 aliphatic heterocycles. The molecule has 1 aromatic carbocycles. The molecule has 0 saturated carbocycles. The average molecular weight is 428 g/mol. The maximum atomic E-state index is 15.2. The van der Waals surface area contributed by atoms with Gasteiger partial charge in [-0.1, -0.05) is 50.2 Å². The maximum Gasteiger partial charge on any atom is 0.329 e. The highest BCUT2D eigenvalue weighted by Gasteiger charge is 2.41. The lowest BCUT2D eigenvalue weighted by Gasteiger charge is -2.35. The molecule has 7 heteroatoms. The average Bonchev–Trinajstić information content (AvgIpc) is 3.27. The SMILES string of the molecule is CC(C)[C@@H](C(=O)OCc1ccccc1)N(C)C(=O)N1CCC[C@H]1C(F)c1ccccn1. The standard InChI is InChI=1S/C24H30FN3O3/c1-17(2)22(23(29)31-16-18-10-5-4-6-11-18)27(3)24(30)28-15-9-13-20(28)21(25)19-12-7-8-14-26-19/h4-8,10-12,14,17,20-22H,9,13,15-16H2,1-3H3/t20-,21?,22-/m0/s1. The molecule has 0 N–H and O–H groups in total. The van der Waals surface area contributed by atoms with Crippen LogP contribution in [0, 0.1) is 5.92 Å². The van der Waals surface area contributed by atoms with Crippen molar-refractivity contribution in [2.75, 3.05) is 13.6 Å². The number of carbonyl (C=O) groups is 2. The van der Waals surface area contributed by atoms with Gasteiger partial charge in [0.25, 0.3) is 0 Å². The number of rotatable bonds is 7. The van der Waals surface area contributed by atoms with Crippen molar-refractivity contribution in [1.82, 2.24) is 14.8 Å². The van der Waals surface area contributed by atoms with Crippen LogP contribution in [0.15, 0.2) is 54.7 Å². The lowest BCUT2D eigenvalue weighted by Crippen LogP contribution is -2.53. The number of hydrogen-bond donors (Lipinski definition) is 0. The van der Waals surface area contributed by atoms with Gasteiger partial charge in [-0.15, -0.1) is 0 Å². The number of alkyl halides is 1. The molecule has 2 heterocycles. The summed E-state index contributed by atoms with van der Waals surface area (Å²) in [6, 6.07) is 12.8. The Morgan fingerprint density at radius 1 is 1.19 bits per heavy atom. The fraction of sp³-hybridized carbons (Fsp3) is 0.458. The van der Waals surface area contributed by atoms with Crippen molar-refractivity contribution in [2.24, 2.45) is 5.92 Å². The van der Waals surface area contributed by atoms with Crippen molar-refractivity contribution in [3.05, 3.63) is 66.0 Å². The number of likely N-dealkylation sites (N-methyl/N-ethyl adjacent to an activating group) is 1. The monoisotopic (exact) mass is 427 g/mol. The van der Waals surface area contributed by atoms with E-state index in [-0.39, 0.29) is 18.6 Å². The van der Waals surface area contributed by atoms with Gasteiger partial charge in [-0.3, -0.25) is 4.98 Å². The van der Waals surface area contributed by atoms with Gasteiger partial charge in [0.05, 0.1) is 11.7 Å². The Kier molecular flexibility index (Phi) is 7.60. The molecule has 2 amide bonds. The first-order valence-corrected chi connectivity index (χ1v) is 10.7. The minimum absolute atomic E-state index is 0.142. The third-order valence-corrected chi connectivity index (χ3v) is 5.67. The normalized spacial score (nSPS) is 18.0. The molecule has 1 aliphatic rings. The van der Waals surface area contributed by atoms with E-state index in [1.165, 1.54) is 9.80 Å². The van der Waals surface area contributed by atoms with Gasteiger partial charge in [-0.2, -0.15) is 0 Å². The number of esters is 1. The summed E-state index contributed by atoms with van der Waals surface area (Å²) < 4.78 is 20.7. The molecule has 6 nitrogen and oxygen atoms in total. The van der Waals surface area contributed by atoms with Gasteiger partial charge in [-0.05, 0) is 36.5 Å². The molecule has 1 aromatic heterocycles. The number of likely N-dealkylation sites (tertiary alicyclic amines) is 1. The first-order valence-electron chi connectivity index (χ1n) is 10.7.